The van der Waals surface area contributed by atoms with Crippen molar-refractivity contribution in [2.45, 2.75) is 45.7 Å². The van der Waals surface area contributed by atoms with E-state index in [2.05, 4.69) is 37.4 Å². The smallest absolute Gasteiger partial charge is 0.219 e. The number of carbonyl (C=O) groups is 1. The first-order chi connectivity index (χ1) is 14.0. The fourth-order valence-corrected chi connectivity index (χ4v) is 4.36. The van der Waals surface area contributed by atoms with Crippen molar-refractivity contribution in [1.82, 2.24) is 9.47 Å². The summed E-state index contributed by atoms with van der Waals surface area (Å²) in [6.07, 6.45) is 1.74. The Labute approximate surface area is 171 Å². The van der Waals surface area contributed by atoms with Gasteiger partial charge in [-0.25, -0.2) is 0 Å². The summed E-state index contributed by atoms with van der Waals surface area (Å²) in [5.74, 6) is 0.282. The summed E-state index contributed by atoms with van der Waals surface area (Å²) in [5.41, 5.74) is 3.55. The Morgan fingerprint density at radius 2 is 2.07 bits per heavy atom. The highest BCUT2D eigenvalue weighted by molar-refractivity contribution is 6.15. The molecular formula is C22H30N4O3. The van der Waals surface area contributed by atoms with Crippen LogP contribution in [0.4, 0.5) is 5.69 Å². The van der Waals surface area contributed by atoms with Gasteiger partial charge in [0.15, 0.2) is 0 Å². The molecule has 1 aromatic carbocycles. The Bertz CT molecular complexity index is 941. The second-order valence-corrected chi connectivity index (χ2v) is 8.21. The monoisotopic (exact) mass is 398 g/mol. The SMILES string of the molecule is CC(=O)N1CCN=C(c2c(O)n(C3CCOCC3)c3ccc(NC(C)C)cc23)C1. The number of carbonyl (C=O) groups excluding carboxylic acids is 1. The van der Waals surface area contributed by atoms with Crippen molar-refractivity contribution in [3.63, 3.8) is 0 Å². The van der Waals surface area contributed by atoms with E-state index >= 15 is 0 Å². The van der Waals surface area contributed by atoms with Crippen molar-refractivity contribution in [1.29, 1.82) is 0 Å². The number of rotatable bonds is 4. The maximum atomic E-state index is 11.9. The van der Waals surface area contributed by atoms with Crippen LogP contribution in [0.1, 0.15) is 45.2 Å². The fourth-order valence-electron chi connectivity index (χ4n) is 4.36. The molecule has 0 spiro atoms. The van der Waals surface area contributed by atoms with Gasteiger partial charge in [0, 0.05) is 49.8 Å². The molecule has 0 radical (unpaired) electrons. The highest BCUT2D eigenvalue weighted by Crippen LogP contribution is 2.39. The number of aliphatic imine (C=N–C) groups is 1. The number of nitrogens with zero attached hydrogens (tertiary/aromatic N) is 3. The average Bonchev–Trinajstić information content (AvgIpc) is 2.99. The molecule has 1 amide bonds. The molecule has 156 valence electrons. The first-order valence-electron chi connectivity index (χ1n) is 10.5. The molecule has 0 atom stereocenters. The van der Waals surface area contributed by atoms with E-state index in [1.165, 1.54) is 0 Å². The number of fused-ring (bicyclic) bond motifs is 1. The van der Waals surface area contributed by atoms with Gasteiger partial charge in [0.05, 0.1) is 29.9 Å². The highest BCUT2D eigenvalue weighted by Gasteiger charge is 2.29. The van der Waals surface area contributed by atoms with Gasteiger partial charge in [0.2, 0.25) is 11.8 Å². The lowest BCUT2D eigenvalue weighted by molar-refractivity contribution is -0.128. The number of ether oxygens (including phenoxy) is 1. The Kier molecular flexibility index (Phi) is 5.50. The second kappa shape index (κ2) is 8.06. The topological polar surface area (TPSA) is 79.1 Å². The van der Waals surface area contributed by atoms with Crippen molar-refractivity contribution in [2.24, 2.45) is 4.99 Å². The molecule has 29 heavy (non-hydrogen) atoms. The van der Waals surface area contributed by atoms with E-state index in [0.717, 1.165) is 40.7 Å². The lowest BCUT2D eigenvalue weighted by Gasteiger charge is -2.26. The summed E-state index contributed by atoms with van der Waals surface area (Å²) in [7, 11) is 0. The van der Waals surface area contributed by atoms with Crippen LogP contribution in [-0.2, 0) is 9.53 Å². The molecule has 4 rings (SSSR count). The van der Waals surface area contributed by atoms with E-state index in [9.17, 15) is 9.90 Å². The molecule has 1 fully saturated rings. The zero-order chi connectivity index (χ0) is 20.5. The number of anilines is 1. The van der Waals surface area contributed by atoms with Crippen LogP contribution in [0.3, 0.4) is 0 Å². The highest BCUT2D eigenvalue weighted by atomic mass is 16.5. The van der Waals surface area contributed by atoms with Crippen LogP contribution in [0.15, 0.2) is 23.2 Å². The first-order valence-corrected chi connectivity index (χ1v) is 10.5. The van der Waals surface area contributed by atoms with Crippen molar-refractivity contribution >= 4 is 28.2 Å². The Morgan fingerprint density at radius 3 is 2.76 bits per heavy atom. The van der Waals surface area contributed by atoms with Gasteiger partial charge < -0.3 is 24.6 Å². The quantitative estimate of drug-likeness (QED) is 0.829. The number of hydrogen-bond acceptors (Lipinski definition) is 5. The Hall–Kier alpha value is -2.54. The van der Waals surface area contributed by atoms with Gasteiger partial charge in [-0.1, -0.05) is 0 Å². The maximum absolute atomic E-state index is 11.9. The van der Waals surface area contributed by atoms with Crippen LogP contribution in [0.25, 0.3) is 10.9 Å². The van der Waals surface area contributed by atoms with Gasteiger partial charge in [-0.2, -0.15) is 0 Å². The molecule has 2 aromatic rings. The summed E-state index contributed by atoms with van der Waals surface area (Å²) < 4.78 is 7.57. The van der Waals surface area contributed by atoms with Crippen LogP contribution in [-0.4, -0.2) is 65.1 Å². The van der Waals surface area contributed by atoms with Gasteiger partial charge in [-0.15, -0.1) is 0 Å². The molecule has 1 saturated heterocycles. The second-order valence-electron chi connectivity index (χ2n) is 8.21. The number of hydrogen-bond donors (Lipinski definition) is 2. The van der Waals surface area contributed by atoms with Gasteiger partial charge in [0.25, 0.3) is 0 Å². The van der Waals surface area contributed by atoms with E-state index < -0.39 is 0 Å². The molecule has 7 heteroatoms. The third-order valence-electron chi connectivity index (χ3n) is 5.74. The van der Waals surface area contributed by atoms with Gasteiger partial charge in [-0.05, 0) is 44.9 Å². The zero-order valence-electron chi connectivity index (χ0n) is 17.4. The summed E-state index contributed by atoms with van der Waals surface area (Å²) in [5, 5.41) is 15.8. The number of aromatic hydroxyl groups is 1. The van der Waals surface area contributed by atoms with Gasteiger partial charge in [-0.3, -0.25) is 9.79 Å². The van der Waals surface area contributed by atoms with E-state index in [1.807, 2.05) is 4.57 Å². The molecule has 0 aliphatic carbocycles. The summed E-state index contributed by atoms with van der Waals surface area (Å²) in [6.45, 7) is 8.80. The van der Waals surface area contributed by atoms with Crippen molar-refractivity contribution in [2.75, 3.05) is 38.2 Å². The molecule has 2 aliphatic rings. The summed E-state index contributed by atoms with van der Waals surface area (Å²) >= 11 is 0. The first kappa shape index (κ1) is 19.8. The third kappa shape index (κ3) is 3.83. The van der Waals surface area contributed by atoms with Crippen molar-refractivity contribution < 1.29 is 14.6 Å². The minimum absolute atomic E-state index is 0.0345. The molecule has 1 aromatic heterocycles. The molecule has 7 nitrogen and oxygen atoms in total. The number of amides is 1. The summed E-state index contributed by atoms with van der Waals surface area (Å²) in [4.78, 5) is 18.4. The minimum atomic E-state index is 0.0345. The molecule has 0 bridgehead atoms. The lowest BCUT2D eigenvalue weighted by atomic mass is 10.1. The van der Waals surface area contributed by atoms with E-state index in [-0.39, 0.29) is 17.8 Å². The standard InChI is InChI=1S/C22H30N4O3/c1-14(2)24-16-4-5-20-18(12-16)21(19-13-25(15(3)27)9-8-23-19)22(28)26(20)17-6-10-29-11-7-17/h4-5,12,14,17,24,28H,6-11,13H2,1-3H3. The van der Waals surface area contributed by atoms with Crippen LogP contribution >= 0.6 is 0 Å². The van der Waals surface area contributed by atoms with Crippen LogP contribution in [0.2, 0.25) is 0 Å². The zero-order valence-corrected chi connectivity index (χ0v) is 17.4. The summed E-state index contributed by atoms with van der Waals surface area (Å²) in [6, 6.07) is 6.73. The maximum Gasteiger partial charge on any atom is 0.219 e. The minimum Gasteiger partial charge on any atom is -0.494 e. The van der Waals surface area contributed by atoms with E-state index in [4.69, 9.17) is 9.73 Å². The predicted octanol–water partition coefficient (Wildman–Crippen LogP) is 3.17. The van der Waals surface area contributed by atoms with Crippen molar-refractivity contribution in [3.05, 3.63) is 23.8 Å². The molecule has 2 aliphatic heterocycles. The average molecular weight is 399 g/mol. The Balaban J connectivity index is 1.85. The lowest BCUT2D eigenvalue weighted by Crippen LogP contribution is -2.39. The molecular weight excluding hydrogens is 368 g/mol. The number of nitrogens with one attached hydrogen (secondary N) is 1. The van der Waals surface area contributed by atoms with E-state index in [0.29, 0.717) is 38.9 Å². The van der Waals surface area contributed by atoms with Crippen LogP contribution in [0.5, 0.6) is 5.88 Å². The van der Waals surface area contributed by atoms with Gasteiger partial charge in [0.1, 0.15) is 0 Å². The van der Waals surface area contributed by atoms with Crippen LogP contribution in [0, 0.1) is 0 Å². The Morgan fingerprint density at radius 1 is 1.31 bits per heavy atom. The molecule has 0 unspecified atom stereocenters. The largest absolute Gasteiger partial charge is 0.494 e. The van der Waals surface area contributed by atoms with E-state index in [1.54, 1.807) is 11.8 Å². The molecule has 3 heterocycles. The predicted molar refractivity (Wildman–Crippen MR) is 115 cm³/mol. The van der Waals surface area contributed by atoms with Gasteiger partial charge >= 0.3 is 0 Å². The molecule has 0 saturated carbocycles. The fraction of sp³-hybridized carbons (Fsp3) is 0.545. The number of aromatic nitrogens is 1. The third-order valence-corrected chi connectivity index (χ3v) is 5.74. The van der Waals surface area contributed by atoms with Crippen molar-refractivity contribution in [3.8, 4) is 5.88 Å². The van der Waals surface area contributed by atoms with Crippen LogP contribution < -0.4 is 5.32 Å². The normalized spacial score (nSPS) is 18.3. The number of benzene rings is 1. The molecule has 2 N–H and O–H groups in total.